The Kier molecular flexibility index (Phi) is 7.13. The van der Waals surface area contributed by atoms with Crippen LogP contribution in [-0.2, 0) is 9.59 Å². The smallest absolute Gasteiger partial charge is 0.226 e. The molecule has 2 atom stereocenters. The van der Waals surface area contributed by atoms with Crippen molar-refractivity contribution in [3.8, 4) is 11.3 Å². The third-order valence-electron chi connectivity index (χ3n) is 4.19. The number of nitrogens with zero attached hydrogens (tertiary/aromatic N) is 1. The van der Waals surface area contributed by atoms with E-state index in [1.54, 1.807) is 6.92 Å². The monoisotopic (exact) mass is 359 g/mol. The second-order valence-corrected chi connectivity index (χ2v) is 7.06. The van der Waals surface area contributed by atoms with Crippen molar-refractivity contribution in [3.05, 3.63) is 35.7 Å². The number of carboxylic acids is 1. The van der Waals surface area contributed by atoms with Crippen LogP contribution in [0.2, 0.25) is 0 Å². The van der Waals surface area contributed by atoms with Gasteiger partial charge in [0.15, 0.2) is 5.13 Å². The summed E-state index contributed by atoms with van der Waals surface area (Å²) >= 11 is 1.36. The Bertz CT molecular complexity index is 700. The molecule has 5 nitrogen and oxygen atoms in total. The lowest BCUT2D eigenvalue weighted by molar-refractivity contribution is -0.313. The number of amides is 1. The van der Waals surface area contributed by atoms with Crippen molar-refractivity contribution in [1.29, 1.82) is 0 Å². The Balaban J connectivity index is 1.93. The minimum Gasteiger partial charge on any atom is -0.550 e. The summed E-state index contributed by atoms with van der Waals surface area (Å²) in [4.78, 5) is 27.9. The molecule has 1 aromatic heterocycles. The molecule has 0 aliphatic heterocycles. The summed E-state index contributed by atoms with van der Waals surface area (Å²) in [7, 11) is 0. The van der Waals surface area contributed by atoms with Gasteiger partial charge in [0.1, 0.15) is 0 Å². The number of hydrogen-bond donors (Lipinski definition) is 1. The lowest BCUT2D eigenvalue weighted by Crippen LogP contribution is -2.36. The van der Waals surface area contributed by atoms with Crippen LogP contribution in [0.1, 0.15) is 39.5 Å². The van der Waals surface area contributed by atoms with Gasteiger partial charge in [-0.2, -0.15) is 0 Å². The van der Waals surface area contributed by atoms with Crippen molar-refractivity contribution in [2.45, 2.75) is 39.5 Å². The van der Waals surface area contributed by atoms with Crippen molar-refractivity contribution in [2.24, 2.45) is 11.8 Å². The number of rotatable bonds is 9. The zero-order chi connectivity index (χ0) is 18.2. The fraction of sp³-hybridized carbons (Fsp3) is 0.421. The normalized spacial score (nSPS) is 13.2. The fourth-order valence-corrected chi connectivity index (χ4v) is 3.47. The number of benzene rings is 1. The molecule has 1 heterocycles. The number of unbranched alkanes of at least 4 members (excludes halogenated alkanes) is 1. The van der Waals surface area contributed by atoms with Crippen LogP contribution in [0.3, 0.4) is 0 Å². The number of carbonyl (C=O) groups is 2. The summed E-state index contributed by atoms with van der Waals surface area (Å²) in [6.45, 7) is 3.80. The Morgan fingerprint density at radius 1 is 1.28 bits per heavy atom. The summed E-state index contributed by atoms with van der Waals surface area (Å²) < 4.78 is 0. The van der Waals surface area contributed by atoms with Crippen LogP contribution >= 0.6 is 11.3 Å². The second kappa shape index (κ2) is 9.32. The third-order valence-corrected chi connectivity index (χ3v) is 4.94. The number of thiazole rings is 1. The van der Waals surface area contributed by atoms with Crippen molar-refractivity contribution >= 4 is 28.3 Å². The van der Waals surface area contributed by atoms with Crippen LogP contribution in [0.5, 0.6) is 0 Å². The van der Waals surface area contributed by atoms with Gasteiger partial charge in [0.25, 0.3) is 0 Å². The molecule has 1 aromatic carbocycles. The van der Waals surface area contributed by atoms with Crippen molar-refractivity contribution in [1.82, 2.24) is 4.98 Å². The van der Waals surface area contributed by atoms with E-state index in [4.69, 9.17) is 0 Å². The van der Waals surface area contributed by atoms with E-state index in [0.717, 1.165) is 24.1 Å². The van der Waals surface area contributed by atoms with Gasteiger partial charge in [-0.15, -0.1) is 11.3 Å². The van der Waals surface area contributed by atoms with Crippen LogP contribution in [0.15, 0.2) is 35.7 Å². The number of hydrogen-bond acceptors (Lipinski definition) is 5. The lowest BCUT2D eigenvalue weighted by Gasteiger charge is -2.24. The quantitative estimate of drug-likeness (QED) is 0.744. The maximum Gasteiger partial charge on any atom is 0.226 e. The Labute approximate surface area is 152 Å². The number of nitrogens with one attached hydrogen (secondary N) is 1. The van der Waals surface area contributed by atoms with E-state index in [0.29, 0.717) is 11.6 Å². The molecular weight excluding hydrogens is 336 g/mol. The highest BCUT2D eigenvalue weighted by Gasteiger charge is 2.21. The van der Waals surface area contributed by atoms with E-state index in [-0.39, 0.29) is 18.2 Å². The van der Waals surface area contributed by atoms with Crippen LogP contribution in [0.4, 0.5) is 5.13 Å². The molecule has 0 spiro atoms. The maximum atomic E-state index is 12.2. The molecule has 0 aliphatic carbocycles. The molecule has 0 unspecified atom stereocenters. The van der Waals surface area contributed by atoms with Gasteiger partial charge >= 0.3 is 0 Å². The molecule has 0 saturated heterocycles. The molecule has 2 aromatic rings. The summed E-state index contributed by atoms with van der Waals surface area (Å²) in [5, 5.41) is 16.5. The van der Waals surface area contributed by atoms with Gasteiger partial charge in [-0.25, -0.2) is 4.98 Å². The molecule has 134 valence electrons. The highest BCUT2D eigenvalue weighted by molar-refractivity contribution is 7.14. The Hall–Kier alpha value is -2.21. The topological polar surface area (TPSA) is 82.1 Å². The average Bonchev–Trinajstić information content (AvgIpc) is 3.04. The number of carbonyl (C=O) groups excluding carboxylic acids is 2. The molecule has 0 bridgehead atoms. The molecule has 1 amide bonds. The lowest BCUT2D eigenvalue weighted by atomic mass is 9.87. The Morgan fingerprint density at radius 3 is 2.64 bits per heavy atom. The predicted molar refractivity (Wildman–Crippen MR) is 98.0 cm³/mol. The van der Waals surface area contributed by atoms with Gasteiger partial charge in [0.2, 0.25) is 5.91 Å². The van der Waals surface area contributed by atoms with Crippen molar-refractivity contribution < 1.29 is 14.7 Å². The Morgan fingerprint density at radius 2 is 2.00 bits per heavy atom. The SMILES string of the molecule is CCCC[C@@H](C(=O)[O-])[C@H](C)CC(=O)Nc1nc(-c2ccccc2)cs1. The number of aliphatic carboxylic acids is 1. The molecule has 25 heavy (non-hydrogen) atoms. The first-order valence-electron chi connectivity index (χ1n) is 8.53. The highest BCUT2D eigenvalue weighted by atomic mass is 32.1. The van der Waals surface area contributed by atoms with Gasteiger partial charge in [0, 0.05) is 29.3 Å². The van der Waals surface area contributed by atoms with Gasteiger partial charge in [-0.05, 0) is 12.3 Å². The van der Waals surface area contributed by atoms with Crippen molar-refractivity contribution in [3.63, 3.8) is 0 Å². The molecule has 0 fully saturated rings. The summed E-state index contributed by atoms with van der Waals surface area (Å²) in [6.07, 6.45) is 2.42. The van der Waals surface area contributed by atoms with Crippen LogP contribution in [0, 0.1) is 11.8 Å². The number of aromatic nitrogens is 1. The zero-order valence-electron chi connectivity index (χ0n) is 14.5. The first-order chi connectivity index (χ1) is 12.0. The highest BCUT2D eigenvalue weighted by Crippen LogP contribution is 2.26. The van der Waals surface area contributed by atoms with E-state index in [9.17, 15) is 14.7 Å². The van der Waals surface area contributed by atoms with E-state index in [1.165, 1.54) is 11.3 Å². The number of anilines is 1. The van der Waals surface area contributed by atoms with Gasteiger partial charge in [0.05, 0.1) is 5.69 Å². The van der Waals surface area contributed by atoms with Crippen molar-refractivity contribution in [2.75, 3.05) is 5.32 Å². The van der Waals surface area contributed by atoms with Gasteiger partial charge in [-0.1, -0.05) is 57.0 Å². The summed E-state index contributed by atoms with van der Waals surface area (Å²) in [6, 6.07) is 9.73. The molecule has 0 aliphatic rings. The third kappa shape index (κ3) is 5.67. The minimum atomic E-state index is -1.07. The number of carboxylic acid groups (broad SMARTS) is 1. The largest absolute Gasteiger partial charge is 0.550 e. The van der Waals surface area contributed by atoms with Gasteiger partial charge in [-0.3, -0.25) is 4.79 Å². The minimum absolute atomic E-state index is 0.141. The molecule has 1 N–H and O–H groups in total. The molecule has 0 radical (unpaired) electrons. The fourth-order valence-electron chi connectivity index (χ4n) is 2.74. The second-order valence-electron chi connectivity index (χ2n) is 6.20. The summed E-state index contributed by atoms with van der Waals surface area (Å²) in [5.74, 6) is -2.16. The molecule has 2 rings (SSSR count). The van der Waals surface area contributed by atoms with E-state index in [1.807, 2.05) is 42.6 Å². The summed E-state index contributed by atoms with van der Waals surface area (Å²) in [5.41, 5.74) is 1.80. The first kappa shape index (κ1) is 19.1. The maximum absolute atomic E-state index is 12.2. The predicted octanol–water partition coefficient (Wildman–Crippen LogP) is 3.33. The van der Waals surface area contributed by atoms with Crippen LogP contribution in [-0.4, -0.2) is 16.9 Å². The average molecular weight is 359 g/mol. The molecular formula is C19H23N2O3S-. The van der Waals surface area contributed by atoms with Gasteiger partial charge < -0.3 is 15.2 Å². The zero-order valence-corrected chi connectivity index (χ0v) is 15.3. The van der Waals surface area contributed by atoms with E-state index < -0.39 is 11.9 Å². The molecule has 0 saturated carbocycles. The van der Waals surface area contributed by atoms with Crippen LogP contribution in [0.25, 0.3) is 11.3 Å². The standard InChI is InChI=1S/C19H24N2O3S/c1-3-4-10-15(18(23)24)13(2)11-17(22)21-19-20-16(12-25-19)14-8-6-5-7-9-14/h5-9,12-13,15H,3-4,10-11H2,1-2H3,(H,23,24)(H,20,21,22)/p-1/t13-,15-/m1/s1. The van der Waals surface area contributed by atoms with E-state index >= 15 is 0 Å². The molecule has 6 heteroatoms. The van der Waals surface area contributed by atoms with Crippen LogP contribution < -0.4 is 10.4 Å². The first-order valence-corrected chi connectivity index (χ1v) is 9.40. The van der Waals surface area contributed by atoms with E-state index in [2.05, 4.69) is 10.3 Å².